The van der Waals surface area contributed by atoms with Gasteiger partial charge in [-0.15, -0.1) is 0 Å². The first-order chi connectivity index (χ1) is 9.63. The second-order valence-corrected chi connectivity index (χ2v) is 5.50. The molecule has 0 bridgehead atoms. The molecule has 104 valence electrons. The summed E-state index contributed by atoms with van der Waals surface area (Å²) in [4.78, 5) is 12.0. The first-order valence-corrected chi connectivity index (χ1v) is 6.94. The van der Waals surface area contributed by atoms with Gasteiger partial charge in [0.1, 0.15) is 5.76 Å². The zero-order chi connectivity index (χ0) is 14.1. The number of rotatable bonds is 4. The van der Waals surface area contributed by atoms with Crippen LogP contribution >= 0.6 is 0 Å². The Balaban J connectivity index is 1.63. The van der Waals surface area contributed by atoms with E-state index in [-0.39, 0.29) is 5.91 Å². The van der Waals surface area contributed by atoms with Gasteiger partial charge in [-0.05, 0) is 37.8 Å². The van der Waals surface area contributed by atoms with Gasteiger partial charge < -0.3 is 9.84 Å². The van der Waals surface area contributed by atoms with Crippen LogP contribution in [0.3, 0.4) is 0 Å². The van der Waals surface area contributed by atoms with Crippen LogP contribution < -0.4 is 5.32 Å². The van der Waals surface area contributed by atoms with Crippen molar-refractivity contribution < 1.29 is 9.32 Å². The summed E-state index contributed by atoms with van der Waals surface area (Å²) in [7, 11) is 0. The van der Waals surface area contributed by atoms with Gasteiger partial charge in [-0.25, -0.2) is 0 Å². The Bertz CT molecular complexity index is 642. The molecular weight excluding hydrogens is 252 g/mol. The fraction of sp³-hybridized carbons (Fsp3) is 0.375. The molecule has 20 heavy (non-hydrogen) atoms. The summed E-state index contributed by atoms with van der Waals surface area (Å²) >= 11 is 0. The minimum atomic E-state index is -0.180. The van der Waals surface area contributed by atoms with E-state index in [4.69, 9.17) is 4.52 Å². The summed E-state index contributed by atoms with van der Waals surface area (Å²) in [6.07, 6.45) is 2.28. The maximum Gasteiger partial charge on any atom is 0.273 e. The molecule has 1 saturated carbocycles. The maximum atomic E-state index is 12.0. The minimum absolute atomic E-state index is 0.180. The van der Waals surface area contributed by atoms with E-state index in [0.29, 0.717) is 18.2 Å². The molecule has 1 heterocycles. The van der Waals surface area contributed by atoms with Gasteiger partial charge >= 0.3 is 0 Å². The maximum absolute atomic E-state index is 12.0. The molecule has 0 atom stereocenters. The molecule has 1 aliphatic carbocycles. The third kappa shape index (κ3) is 2.74. The summed E-state index contributed by atoms with van der Waals surface area (Å²) in [5.41, 5.74) is 3.90. The van der Waals surface area contributed by atoms with Gasteiger partial charge in [-0.3, -0.25) is 4.79 Å². The highest BCUT2D eigenvalue weighted by Crippen LogP contribution is 2.40. The number of nitrogens with one attached hydrogen (secondary N) is 1. The third-order valence-corrected chi connectivity index (χ3v) is 3.68. The third-order valence-electron chi connectivity index (χ3n) is 3.68. The number of hydrogen-bond acceptors (Lipinski definition) is 3. The highest BCUT2D eigenvalue weighted by molar-refractivity contribution is 5.92. The molecule has 3 rings (SSSR count). The summed E-state index contributed by atoms with van der Waals surface area (Å²) in [6.45, 7) is 4.62. The van der Waals surface area contributed by atoms with E-state index in [0.717, 1.165) is 24.2 Å². The molecule has 2 aromatic rings. The van der Waals surface area contributed by atoms with Gasteiger partial charge in [0.15, 0.2) is 5.69 Å². The van der Waals surface area contributed by atoms with E-state index in [1.54, 1.807) is 6.07 Å². The zero-order valence-electron chi connectivity index (χ0n) is 11.8. The molecule has 0 radical (unpaired) electrons. The van der Waals surface area contributed by atoms with E-state index in [1.165, 1.54) is 11.1 Å². The van der Waals surface area contributed by atoms with Crippen molar-refractivity contribution in [3.63, 3.8) is 0 Å². The first-order valence-electron chi connectivity index (χ1n) is 6.94. The van der Waals surface area contributed by atoms with Crippen molar-refractivity contribution in [3.05, 3.63) is 52.4 Å². The van der Waals surface area contributed by atoms with Gasteiger partial charge in [0, 0.05) is 18.5 Å². The summed E-state index contributed by atoms with van der Waals surface area (Å²) in [5.74, 6) is 1.13. The van der Waals surface area contributed by atoms with Gasteiger partial charge in [0.2, 0.25) is 0 Å². The van der Waals surface area contributed by atoms with Crippen molar-refractivity contribution >= 4 is 5.91 Å². The fourth-order valence-corrected chi connectivity index (χ4v) is 2.27. The van der Waals surface area contributed by atoms with Gasteiger partial charge in [-0.2, -0.15) is 0 Å². The Hall–Kier alpha value is -2.10. The molecule has 4 heteroatoms. The van der Waals surface area contributed by atoms with Gasteiger partial charge in [0.25, 0.3) is 5.91 Å². The molecule has 1 fully saturated rings. The number of carbonyl (C=O) groups excluding carboxylic acids is 1. The van der Waals surface area contributed by atoms with E-state index in [2.05, 4.69) is 36.5 Å². The number of aromatic nitrogens is 1. The van der Waals surface area contributed by atoms with Crippen molar-refractivity contribution in [1.29, 1.82) is 0 Å². The van der Waals surface area contributed by atoms with E-state index in [9.17, 15) is 4.79 Å². The molecule has 0 aliphatic heterocycles. The zero-order valence-corrected chi connectivity index (χ0v) is 11.8. The highest BCUT2D eigenvalue weighted by atomic mass is 16.5. The van der Waals surface area contributed by atoms with Crippen LogP contribution in [-0.4, -0.2) is 11.1 Å². The standard InChI is InChI=1S/C16H18N2O2/c1-10-3-4-13(11(2)7-10)9-17-16(19)14-8-15(20-18-14)12-5-6-12/h3-4,7-8,12H,5-6,9H2,1-2H3,(H,17,19). The minimum Gasteiger partial charge on any atom is -0.360 e. The summed E-state index contributed by atoms with van der Waals surface area (Å²) < 4.78 is 5.19. The number of carbonyl (C=O) groups is 1. The molecule has 4 nitrogen and oxygen atoms in total. The van der Waals surface area contributed by atoms with Crippen LogP contribution in [0.4, 0.5) is 0 Å². The van der Waals surface area contributed by atoms with Crippen LogP contribution in [0.2, 0.25) is 0 Å². The Kier molecular flexibility index (Phi) is 3.30. The van der Waals surface area contributed by atoms with Crippen LogP contribution in [0.15, 0.2) is 28.8 Å². The van der Waals surface area contributed by atoms with E-state index >= 15 is 0 Å². The van der Waals surface area contributed by atoms with Crippen LogP contribution in [0.5, 0.6) is 0 Å². The average Bonchev–Trinajstić information content (AvgIpc) is 3.15. The molecule has 0 spiro atoms. The Morgan fingerprint density at radius 2 is 2.15 bits per heavy atom. The predicted molar refractivity (Wildman–Crippen MR) is 75.6 cm³/mol. The fourth-order valence-electron chi connectivity index (χ4n) is 2.27. The number of hydrogen-bond donors (Lipinski definition) is 1. The van der Waals surface area contributed by atoms with Crippen LogP contribution in [-0.2, 0) is 6.54 Å². The highest BCUT2D eigenvalue weighted by Gasteiger charge is 2.28. The van der Waals surface area contributed by atoms with Crippen molar-refractivity contribution in [2.45, 2.75) is 39.2 Å². The molecule has 1 N–H and O–H groups in total. The Morgan fingerprint density at radius 1 is 1.35 bits per heavy atom. The average molecular weight is 270 g/mol. The lowest BCUT2D eigenvalue weighted by Gasteiger charge is -2.07. The second-order valence-electron chi connectivity index (χ2n) is 5.50. The molecule has 0 unspecified atom stereocenters. The Labute approximate surface area is 118 Å². The largest absolute Gasteiger partial charge is 0.360 e. The molecule has 1 aromatic heterocycles. The topological polar surface area (TPSA) is 55.1 Å². The normalized spacial score (nSPS) is 14.3. The first kappa shape index (κ1) is 12.9. The van der Waals surface area contributed by atoms with Gasteiger partial charge in [0.05, 0.1) is 0 Å². The summed E-state index contributed by atoms with van der Waals surface area (Å²) in [6, 6.07) is 7.97. The molecule has 1 aliphatic rings. The second kappa shape index (κ2) is 5.12. The quantitative estimate of drug-likeness (QED) is 0.928. The van der Waals surface area contributed by atoms with Crippen LogP contribution in [0.25, 0.3) is 0 Å². The monoisotopic (exact) mass is 270 g/mol. The number of benzene rings is 1. The van der Waals surface area contributed by atoms with Crippen molar-refractivity contribution in [2.75, 3.05) is 0 Å². The molecule has 1 aromatic carbocycles. The number of amides is 1. The predicted octanol–water partition coefficient (Wildman–Crippen LogP) is 3.10. The smallest absolute Gasteiger partial charge is 0.273 e. The molecule has 0 saturated heterocycles. The lowest BCUT2D eigenvalue weighted by molar-refractivity contribution is 0.0941. The number of aryl methyl sites for hydroxylation is 2. The van der Waals surface area contributed by atoms with Gasteiger partial charge in [-0.1, -0.05) is 28.9 Å². The van der Waals surface area contributed by atoms with Crippen LogP contribution in [0, 0.1) is 13.8 Å². The Morgan fingerprint density at radius 3 is 2.85 bits per heavy atom. The molecule has 1 amide bonds. The van der Waals surface area contributed by atoms with E-state index < -0.39 is 0 Å². The number of nitrogens with zero attached hydrogens (tertiary/aromatic N) is 1. The van der Waals surface area contributed by atoms with E-state index in [1.807, 2.05) is 6.07 Å². The lowest BCUT2D eigenvalue weighted by atomic mass is 10.1. The lowest BCUT2D eigenvalue weighted by Crippen LogP contribution is -2.23. The van der Waals surface area contributed by atoms with Crippen molar-refractivity contribution in [1.82, 2.24) is 10.5 Å². The summed E-state index contributed by atoms with van der Waals surface area (Å²) in [5, 5.41) is 6.73. The molecular formula is C16H18N2O2. The SMILES string of the molecule is Cc1ccc(CNC(=O)c2cc(C3CC3)on2)c(C)c1. The van der Waals surface area contributed by atoms with Crippen LogP contribution in [0.1, 0.15) is 51.7 Å². The van der Waals surface area contributed by atoms with Crippen molar-refractivity contribution in [2.24, 2.45) is 0 Å². The van der Waals surface area contributed by atoms with Crippen molar-refractivity contribution in [3.8, 4) is 0 Å².